The average Bonchev–Trinajstić information content (AvgIpc) is 2.84. The Bertz CT molecular complexity index is 826. The third-order valence-electron chi connectivity index (χ3n) is 4.51. The van der Waals surface area contributed by atoms with Crippen LogP contribution in [-0.4, -0.2) is 27.3 Å². The van der Waals surface area contributed by atoms with Crippen molar-refractivity contribution in [2.45, 2.75) is 36.2 Å². The molecule has 0 radical (unpaired) electrons. The Hall–Kier alpha value is -2.13. The Morgan fingerprint density at radius 2 is 2.04 bits per heavy atom. The Morgan fingerprint density at radius 1 is 1.33 bits per heavy atom. The number of carbonyl (C=O) groups excluding carboxylic acids is 1. The monoisotopic (exact) mass is 472 g/mol. The summed E-state index contributed by atoms with van der Waals surface area (Å²) in [5, 5.41) is 9.54. The van der Waals surface area contributed by atoms with Crippen molar-refractivity contribution in [2.24, 2.45) is 0 Å². The molecule has 0 saturated heterocycles. The van der Waals surface area contributed by atoms with Crippen LogP contribution in [0.4, 0.5) is 0 Å². The van der Waals surface area contributed by atoms with E-state index in [2.05, 4.69) is 66.8 Å². The van der Waals surface area contributed by atoms with Crippen LogP contribution in [0.25, 0.3) is 6.08 Å². The van der Waals surface area contributed by atoms with E-state index in [4.69, 9.17) is 0 Å². The second-order valence-electron chi connectivity index (χ2n) is 6.81. The normalized spacial score (nSPS) is 20.4. The van der Waals surface area contributed by atoms with Crippen LogP contribution in [0, 0.1) is 11.3 Å². The van der Waals surface area contributed by atoms with E-state index in [0.717, 1.165) is 24.0 Å². The molecule has 1 aromatic rings. The van der Waals surface area contributed by atoms with E-state index in [-0.39, 0.29) is 20.9 Å². The zero-order chi connectivity index (χ0) is 19.9. The third-order valence-corrected chi connectivity index (χ3v) is 5.23. The Kier molecular flexibility index (Phi) is 7.61. The number of amides is 1. The molecule has 140 valence electrons. The highest BCUT2D eigenvalue weighted by Crippen LogP contribution is 2.27. The van der Waals surface area contributed by atoms with Crippen molar-refractivity contribution < 1.29 is 4.79 Å². The number of carbonyl (C=O) groups is 1. The van der Waals surface area contributed by atoms with E-state index in [9.17, 15) is 10.1 Å². The summed E-state index contributed by atoms with van der Waals surface area (Å²) in [6, 6.07) is 11.5. The Morgan fingerprint density at radius 3 is 2.67 bits per heavy atom. The molecule has 0 aromatic heterocycles. The molecule has 0 aliphatic heterocycles. The van der Waals surface area contributed by atoms with Gasteiger partial charge in [-0.15, -0.1) is 0 Å². The summed E-state index contributed by atoms with van der Waals surface area (Å²) in [6.07, 6.45) is 13.9. The van der Waals surface area contributed by atoms with Gasteiger partial charge in [0.25, 0.3) is 5.91 Å². The van der Waals surface area contributed by atoms with Gasteiger partial charge >= 0.3 is 0 Å². The van der Waals surface area contributed by atoms with Crippen LogP contribution in [0.3, 0.4) is 0 Å². The quantitative estimate of drug-likeness (QED) is 0.239. The molecule has 0 N–H and O–H groups in total. The highest BCUT2D eigenvalue weighted by atomic mass is 127. The van der Waals surface area contributed by atoms with Gasteiger partial charge in [0.15, 0.2) is 0 Å². The van der Waals surface area contributed by atoms with Crippen molar-refractivity contribution in [2.75, 3.05) is 7.05 Å². The zero-order valence-electron chi connectivity index (χ0n) is 16.0. The lowest BCUT2D eigenvalue weighted by atomic mass is 9.98. The standard InChI is InChI=1S/C23H25IN2O/c1-4-9-21(19-12-8-14-23(2,24)15-13-19)26(3)22(27)20(17-25)16-18-10-6-5-7-11-18/h5-8,10-16,21H,4,9H2,1-3H3/b20-16+. The summed E-state index contributed by atoms with van der Waals surface area (Å²) >= 11 is 2.39. The van der Waals surface area contributed by atoms with Gasteiger partial charge in [0, 0.05) is 7.05 Å². The maximum Gasteiger partial charge on any atom is 0.264 e. The van der Waals surface area contributed by atoms with Crippen LogP contribution < -0.4 is 0 Å². The summed E-state index contributed by atoms with van der Waals surface area (Å²) in [4.78, 5) is 14.7. The van der Waals surface area contributed by atoms with Gasteiger partial charge in [0.2, 0.25) is 0 Å². The number of alkyl halides is 1. The molecule has 0 spiro atoms. The molecule has 0 bridgehead atoms. The van der Waals surface area contributed by atoms with Crippen LogP contribution in [0.1, 0.15) is 32.3 Å². The second kappa shape index (κ2) is 9.70. The first-order chi connectivity index (χ1) is 12.9. The van der Waals surface area contributed by atoms with Crippen LogP contribution in [0.5, 0.6) is 0 Å². The number of rotatable bonds is 6. The molecular weight excluding hydrogens is 447 g/mol. The zero-order valence-corrected chi connectivity index (χ0v) is 18.2. The molecule has 3 nitrogen and oxygen atoms in total. The summed E-state index contributed by atoms with van der Waals surface area (Å²) < 4.78 is -0.0413. The van der Waals surface area contributed by atoms with Crippen molar-refractivity contribution in [3.63, 3.8) is 0 Å². The number of halogens is 1. The van der Waals surface area contributed by atoms with Crippen LogP contribution in [0.15, 0.2) is 71.9 Å². The first kappa shape index (κ1) is 21.2. The molecule has 0 saturated carbocycles. The van der Waals surface area contributed by atoms with Gasteiger partial charge in [-0.05, 0) is 30.6 Å². The lowest BCUT2D eigenvalue weighted by Crippen LogP contribution is -2.38. The summed E-state index contributed by atoms with van der Waals surface area (Å²) in [7, 11) is 1.78. The summed E-state index contributed by atoms with van der Waals surface area (Å²) in [6.45, 7) is 4.24. The van der Waals surface area contributed by atoms with E-state index in [1.807, 2.05) is 36.4 Å². The van der Waals surface area contributed by atoms with Crippen molar-refractivity contribution in [1.82, 2.24) is 4.90 Å². The Labute approximate surface area is 175 Å². The maximum atomic E-state index is 13.0. The van der Waals surface area contributed by atoms with Gasteiger partial charge in [-0.3, -0.25) is 4.79 Å². The molecule has 4 heteroatoms. The average molecular weight is 472 g/mol. The van der Waals surface area contributed by atoms with E-state index in [1.165, 1.54) is 0 Å². The van der Waals surface area contributed by atoms with Gasteiger partial charge in [0.1, 0.15) is 11.6 Å². The van der Waals surface area contributed by atoms with Crippen molar-refractivity contribution in [3.05, 3.63) is 77.4 Å². The molecule has 2 unspecified atom stereocenters. The topological polar surface area (TPSA) is 44.1 Å². The fraction of sp³-hybridized carbons (Fsp3) is 0.304. The van der Waals surface area contributed by atoms with Crippen molar-refractivity contribution in [3.8, 4) is 6.07 Å². The highest BCUT2D eigenvalue weighted by molar-refractivity contribution is 14.1. The van der Waals surface area contributed by atoms with E-state index in [0.29, 0.717) is 0 Å². The van der Waals surface area contributed by atoms with E-state index >= 15 is 0 Å². The maximum absolute atomic E-state index is 13.0. The molecular formula is C23H25IN2O. The molecule has 1 aliphatic rings. The van der Waals surface area contributed by atoms with Gasteiger partial charge in [-0.1, -0.05) is 96.6 Å². The molecule has 0 heterocycles. The number of likely N-dealkylation sites (N-methyl/N-ethyl adjacent to an activating group) is 1. The number of hydrogen-bond donors (Lipinski definition) is 0. The first-order valence-corrected chi connectivity index (χ1v) is 10.2. The predicted molar refractivity (Wildman–Crippen MR) is 120 cm³/mol. The number of benzene rings is 1. The third kappa shape index (κ3) is 5.93. The lowest BCUT2D eigenvalue weighted by Gasteiger charge is -2.29. The fourth-order valence-electron chi connectivity index (χ4n) is 2.99. The van der Waals surface area contributed by atoms with Crippen molar-refractivity contribution >= 4 is 34.6 Å². The number of nitrogens with zero attached hydrogens (tertiary/aromatic N) is 2. The summed E-state index contributed by atoms with van der Waals surface area (Å²) in [5.74, 6) is -0.250. The van der Waals surface area contributed by atoms with Gasteiger partial charge in [-0.2, -0.15) is 5.26 Å². The molecule has 0 fully saturated rings. The largest absolute Gasteiger partial charge is 0.334 e. The van der Waals surface area contributed by atoms with Gasteiger partial charge in [0.05, 0.1) is 9.46 Å². The van der Waals surface area contributed by atoms with Crippen LogP contribution >= 0.6 is 22.6 Å². The first-order valence-electron chi connectivity index (χ1n) is 9.09. The highest BCUT2D eigenvalue weighted by Gasteiger charge is 2.25. The smallest absolute Gasteiger partial charge is 0.264 e. The Balaban J connectivity index is 2.30. The SMILES string of the molecule is CCCC(C1=CC=CC(C)(I)C=C1)N(C)C(=O)/C(C#N)=C/c1ccccc1. The van der Waals surface area contributed by atoms with Crippen LogP contribution in [-0.2, 0) is 4.79 Å². The minimum atomic E-state index is -0.250. The minimum absolute atomic E-state index is 0.0413. The molecule has 27 heavy (non-hydrogen) atoms. The molecule has 1 aliphatic carbocycles. The minimum Gasteiger partial charge on any atom is -0.334 e. The second-order valence-corrected chi connectivity index (χ2v) is 9.14. The van der Waals surface area contributed by atoms with E-state index in [1.54, 1.807) is 18.0 Å². The molecule has 1 aromatic carbocycles. The number of nitriles is 1. The molecule has 2 rings (SSSR count). The van der Waals surface area contributed by atoms with Gasteiger partial charge in [-0.25, -0.2) is 0 Å². The van der Waals surface area contributed by atoms with E-state index < -0.39 is 0 Å². The van der Waals surface area contributed by atoms with Crippen LogP contribution in [0.2, 0.25) is 0 Å². The molecule has 1 amide bonds. The van der Waals surface area contributed by atoms with Crippen molar-refractivity contribution in [1.29, 1.82) is 5.26 Å². The fourth-order valence-corrected chi connectivity index (χ4v) is 3.37. The van der Waals surface area contributed by atoms with Gasteiger partial charge < -0.3 is 4.90 Å². The predicted octanol–water partition coefficient (Wildman–Crippen LogP) is 5.47. The summed E-state index contributed by atoms with van der Waals surface area (Å²) in [5.41, 5.74) is 2.08. The number of hydrogen-bond acceptors (Lipinski definition) is 2. The molecule has 2 atom stereocenters. The number of allylic oxidation sites excluding steroid dienone is 4. The lowest BCUT2D eigenvalue weighted by molar-refractivity contribution is -0.126.